The van der Waals surface area contributed by atoms with Crippen LogP contribution >= 0.6 is 0 Å². The highest BCUT2D eigenvalue weighted by Gasteiger charge is 2.26. The molecule has 4 heteroatoms. The Balaban J connectivity index is 2.23. The van der Waals surface area contributed by atoms with Crippen molar-refractivity contribution >= 4 is 11.6 Å². The third-order valence-electron chi connectivity index (χ3n) is 2.74. The first-order valence-corrected chi connectivity index (χ1v) is 6.35. The van der Waals surface area contributed by atoms with Crippen LogP contribution in [0.15, 0.2) is 24.4 Å². The fraction of sp³-hybridized carbons (Fsp3) is 0.571. The predicted octanol–water partition coefficient (Wildman–Crippen LogP) is 3.36. The normalized spacial score (nSPS) is 12.9. The maximum atomic E-state index is 4.21. The number of nitrogens with one attached hydrogen (secondary N) is 1. The number of pyridine rings is 1. The second-order valence-corrected chi connectivity index (χ2v) is 6.70. The largest absolute Gasteiger partial charge is 0.349 e. The quantitative estimate of drug-likeness (QED) is 0.903. The van der Waals surface area contributed by atoms with Gasteiger partial charge in [0.05, 0.1) is 0 Å². The van der Waals surface area contributed by atoms with Crippen LogP contribution in [0.5, 0.6) is 0 Å². The summed E-state index contributed by atoms with van der Waals surface area (Å²) in [6.45, 7) is 11.1. The highest BCUT2D eigenvalue weighted by molar-refractivity contribution is 5.45. The SMILES string of the molecule is CC(C)(C)CC(C)(C)Nc1nnc2ccccn12. The van der Waals surface area contributed by atoms with Crippen LogP contribution in [-0.4, -0.2) is 20.1 Å². The van der Waals surface area contributed by atoms with Crippen molar-refractivity contribution in [2.24, 2.45) is 5.41 Å². The zero-order chi connectivity index (χ0) is 13.4. The second-order valence-electron chi connectivity index (χ2n) is 6.70. The molecule has 1 N–H and O–H groups in total. The van der Waals surface area contributed by atoms with Crippen LogP contribution in [0, 0.1) is 5.41 Å². The lowest BCUT2D eigenvalue weighted by molar-refractivity contribution is 0.301. The van der Waals surface area contributed by atoms with Crippen molar-refractivity contribution in [2.75, 3.05) is 5.32 Å². The number of hydrogen-bond donors (Lipinski definition) is 1. The van der Waals surface area contributed by atoms with Crippen LogP contribution in [0.2, 0.25) is 0 Å². The highest BCUT2D eigenvalue weighted by atomic mass is 15.3. The van der Waals surface area contributed by atoms with E-state index in [1.807, 2.05) is 28.8 Å². The molecule has 0 aromatic carbocycles. The Morgan fingerprint density at radius 3 is 2.50 bits per heavy atom. The smallest absolute Gasteiger partial charge is 0.229 e. The summed E-state index contributed by atoms with van der Waals surface area (Å²) in [6, 6.07) is 5.90. The average molecular weight is 246 g/mol. The minimum atomic E-state index is -0.0168. The molecule has 0 aliphatic rings. The monoisotopic (exact) mass is 246 g/mol. The van der Waals surface area contributed by atoms with Gasteiger partial charge in [0.15, 0.2) is 5.65 Å². The molecule has 0 atom stereocenters. The molecule has 2 rings (SSSR count). The number of nitrogens with zero attached hydrogens (tertiary/aromatic N) is 3. The molecular weight excluding hydrogens is 224 g/mol. The van der Waals surface area contributed by atoms with E-state index in [0.29, 0.717) is 0 Å². The van der Waals surface area contributed by atoms with E-state index in [2.05, 4.69) is 50.1 Å². The van der Waals surface area contributed by atoms with Gasteiger partial charge in [0.2, 0.25) is 5.95 Å². The summed E-state index contributed by atoms with van der Waals surface area (Å²) >= 11 is 0. The van der Waals surface area contributed by atoms with Gasteiger partial charge in [-0.1, -0.05) is 26.8 Å². The summed E-state index contributed by atoms with van der Waals surface area (Å²) in [6.07, 6.45) is 3.03. The van der Waals surface area contributed by atoms with E-state index in [1.165, 1.54) is 0 Å². The van der Waals surface area contributed by atoms with E-state index in [1.54, 1.807) is 0 Å². The lowest BCUT2D eigenvalue weighted by Gasteiger charge is -2.33. The van der Waals surface area contributed by atoms with Crippen molar-refractivity contribution < 1.29 is 0 Å². The third-order valence-corrected chi connectivity index (χ3v) is 2.74. The molecule has 2 aromatic heterocycles. The molecule has 18 heavy (non-hydrogen) atoms. The van der Waals surface area contributed by atoms with Gasteiger partial charge in [-0.25, -0.2) is 0 Å². The molecule has 0 saturated heterocycles. The maximum Gasteiger partial charge on any atom is 0.229 e. The van der Waals surface area contributed by atoms with Gasteiger partial charge in [0, 0.05) is 11.7 Å². The Labute approximate surface area is 108 Å². The molecule has 0 unspecified atom stereocenters. The maximum absolute atomic E-state index is 4.21. The van der Waals surface area contributed by atoms with E-state index >= 15 is 0 Å². The van der Waals surface area contributed by atoms with Crippen LogP contribution in [0.25, 0.3) is 5.65 Å². The molecule has 0 amide bonds. The number of anilines is 1. The molecule has 0 saturated carbocycles. The number of aromatic nitrogens is 3. The molecule has 2 heterocycles. The van der Waals surface area contributed by atoms with Gasteiger partial charge >= 0.3 is 0 Å². The van der Waals surface area contributed by atoms with Gasteiger partial charge in [0.25, 0.3) is 0 Å². The summed E-state index contributed by atoms with van der Waals surface area (Å²) < 4.78 is 1.98. The minimum Gasteiger partial charge on any atom is -0.349 e. The number of fused-ring (bicyclic) bond motifs is 1. The van der Waals surface area contributed by atoms with Crippen molar-refractivity contribution in [2.45, 2.75) is 46.6 Å². The zero-order valence-corrected chi connectivity index (χ0v) is 11.9. The van der Waals surface area contributed by atoms with E-state index in [0.717, 1.165) is 18.0 Å². The van der Waals surface area contributed by atoms with E-state index in [4.69, 9.17) is 0 Å². The van der Waals surface area contributed by atoms with Crippen molar-refractivity contribution in [1.82, 2.24) is 14.6 Å². The van der Waals surface area contributed by atoms with Crippen LogP contribution in [0.3, 0.4) is 0 Å². The molecule has 2 aromatic rings. The van der Waals surface area contributed by atoms with Gasteiger partial charge in [-0.15, -0.1) is 10.2 Å². The summed E-state index contributed by atoms with van der Waals surface area (Å²) in [4.78, 5) is 0. The van der Waals surface area contributed by atoms with E-state index < -0.39 is 0 Å². The Morgan fingerprint density at radius 2 is 1.83 bits per heavy atom. The van der Waals surface area contributed by atoms with Crippen LogP contribution < -0.4 is 5.32 Å². The Morgan fingerprint density at radius 1 is 1.11 bits per heavy atom. The summed E-state index contributed by atoms with van der Waals surface area (Å²) in [5.74, 6) is 0.805. The molecule has 0 radical (unpaired) electrons. The fourth-order valence-electron chi connectivity index (χ4n) is 2.60. The molecule has 0 spiro atoms. The molecule has 98 valence electrons. The van der Waals surface area contributed by atoms with Gasteiger partial charge in [-0.3, -0.25) is 4.40 Å². The number of rotatable bonds is 3. The topological polar surface area (TPSA) is 42.2 Å². The van der Waals surface area contributed by atoms with E-state index in [9.17, 15) is 0 Å². The van der Waals surface area contributed by atoms with Gasteiger partial charge in [-0.2, -0.15) is 0 Å². The highest BCUT2D eigenvalue weighted by Crippen LogP contribution is 2.29. The van der Waals surface area contributed by atoms with Gasteiger partial charge < -0.3 is 5.32 Å². The summed E-state index contributed by atoms with van der Waals surface area (Å²) in [7, 11) is 0. The predicted molar refractivity (Wildman–Crippen MR) is 74.8 cm³/mol. The zero-order valence-electron chi connectivity index (χ0n) is 11.9. The van der Waals surface area contributed by atoms with Gasteiger partial charge in [0.1, 0.15) is 0 Å². The first-order valence-electron chi connectivity index (χ1n) is 6.35. The van der Waals surface area contributed by atoms with Crippen LogP contribution in [-0.2, 0) is 0 Å². The molecule has 4 nitrogen and oxygen atoms in total. The van der Waals surface area contributed by atoms with E-state index in [-0.39, 0.29) is 11.0 Å². The molecule has 0 fully saturated rings. The lowest BCUT2D eigenvalue weighted by Crippen LogP contribution is -2.36. The number of hydrogen-bond acceptors (Lipinski definition) is 3. The minimum absolute atomic E-state index is 0.0168. The Hall–Kier alpha value is -1.58. The standard InChI is InChI=1S/C14H22N4/c1-13(2,3)10-14(4,5)15-12-17-16-11-8-6-7-9-18(11)12/h6-9H,10H2,1-5H3,(H,15,17). The first-order chi connectivity index (χ1) is 8.27. The summed E-state index contributed by atoms with van der Waals surface area (Å²) in [5, 5.41) is 11.8. The molecule has 0 aliphatic heterocycles. The van der Waals surface area contributed by atoms with Crippen molar-refractivity contribution in [1.29, 1.82) is 0 Å². The molecule has 0 bridgehead atoms. The van der Waals surface area contributed by atoms with Crippen LogP contribution in [0.4, 0.5) is 5.95 Å². The summed E-state index contributed by atoms with van der Waals surface area (Å²) in [5.41, 5.74) is 1.13. The van der Waals surface area contributed by atoms with Gasteiger partial charge in [-0.05, 0) is 37.8 Å². The first kappa shape index (κ1) is 12.9. The Kier molecular flexibility index (Phi) is 3.05. The van der Waals surface area contributed by atoms with Crippen molar-refractivity contribution in [3.8, 4) is 0 Å². The molecule has 0 aliphatic carbocycles. The third kappa shape index (κ3) is 3.00. The fourth-order valence-corrected chi connectivity index (χ4v) is 2.60. The average Bonchev–Trinajstić information content (AvgIpc) is 2.57. The van der Waals surface area contributed by atoms with Crippen LogP contribution in [0.1, 0.15) is 41.0 Å². The second kappa shape index (κ2) is 4.26. The van der Waals surface area contributed by atoms with Crippen molar-refractivity contribution in [3.63, 3.8) is 0 Å². The Bertz CT molecular complexity index is 534. The van der Waals surface area contributed by atoms with Crippen molar-refractivity contribution in [3.05, 3.63) is 24.4 Å². The molecular formula is C14H22N4. The lowest BCUT2D eigenvalue weighted by atomic mass is 9.82.